The second kappa shape index (κ2) is 10.9. The molecular weight excluding hydrogens is 362 g/mol. The molecule has 1 aliphatic rings. The smallest absolute Gasteiger partial charge is 0.246 e. The van der Waals surface area contributed by atoms with Gasteiger partial charge in [-0.15, -0.1) is 0 Å². The number of rotatable bonds is 9. The maximum absolute atomic E-state index is 11.9. The number of nitrogens with zero attached hydrogens (tertiary/aromatic N) is 2. The van der Waals surface area contributed by atoms with Gasteiger partial charge in [-0.05, 0) is 67.6 Å². The van der Waals surface area contributed by atoms with E-state index in [0.29, 0.717) is 6.42 Å². The van der Waals surface area contributed by atoms with Gasteiger partial charge < -0.3 is 10.2 Å². The fourth-order valence-corrected chi connectivity index (χ4v) is 3.68. The molecule has 1 heterocycles. The first-order valence-electron chi connectivity index (χ1n) is 10.9. The van der Waals surface area contributed by atoms with Gasteiger partial charge in [-0.1, -0.05) is 31.9 Å². The first kappa shape index (κ1) is 21.2. The molecule has 1 fully saturated rings. The highest BCUT2D eigenvalue weighted by atomic mass is 16.5. The van der Waals surface area contributed by atoms with Crippen molar-refractivity contribution < 1.29 is 10.0 Å². The van der Waals surface area contributed by atoms with Gasteiger partial charge in [0.25, 0.3) is 0 Å². The van der Waals surface area contributed by atoms with E-state index >= 15 is 0 Å². The number of carbonyl (C=O) groups is 1. The average molecular weight is 396 g/mol. The Labute approximate surface area is 174 Å². The molecule has 156 valence electrons. The highest BCUT2D eigenvalue weighted by Gasteiger charge is 2.12. The Bertz CT molecular complexity index is 753. The van der Waals surface area contributed by atoms with Crippen LogP contribution in [0, 0.1) is 0 Å². The van der Waals surface area contributed by atoms with E-state index in [1.807, 2.05) is 24.3 Å². The Morgan fingerprint density at radius 1 is 0.966 bits per heavy atom. The van der Waals surface area contributed by atoms with Crippen LogP contribution in [0.4, 0.5) is 17.1 Å². The van der Waals surface area contributed by atoms with Crippen LogP contribution in [-0.4, -0.2) is 29.3 Å². The number of nitrogens with one attached hydrogen (secondary N) is 1. The molecule has 2 aromatic rings. The van der Waals surface area contributed by atoms with Crippen LogP contribution in [0.1, 0.15) is 57.4 Å². The number of hydrogen-bond acceptors (Lipinski definition) is 4. The van der Waals surface area contributed by atoms with Gasteiger partial charge in [-0.2, -0.15) is 0 Å². The minimum Gasteiger partial charge on any atom is -0.372 e. The zero-order valence-corrected chi connectivity index (χ0v) is 17.4. The molecule has 0 spiro atoms. The van der Waals surface area contributed by atoms with E-state index in [4.69, 9.17) is 0 Å². The molecule has 0 unspecified atom stereocenters. The van der Waals surface area contributed by atoms with Crippen molar-refractivity contribution in [1.82, 2.24) is 5.06 Å². The van der Waals surface area contributed by atoms with Gasteiger partial charge in [0.15, 0.2) is 0 Å². The van der Waals surface area contributed by atoms with Crippen LogP contribution in [-0.2, 0) is 11.3 Å². The van der Waals surface area contributed by atoms with E-state index < -0.39 is 0 Å². The number of anilines is 3. The third-order valence-electron chi connectivity index (χ3n) is 5.45. The van der Waals surface area contributed by atoms with Crippen molar-refractivity contribution in [2.45, 2.75) is 58.4 Å². The molecule has 1 aliphatic heterocycles. The molecule has 2 aromatic carbocycles. The number of piperidine rings is 1. The normalized spacial score (nSPS) is 13.9. The van der Waals surface area contributed by atoms with Gasteiger partial charge in [0.05, 0.1) is 6.54 Å². The first-order chi connectivity index (χ1) is 14.2. The van der Waals surface area contributed by atoms with Gasteiger partial charge in [-0.25, -0.2) is 5.06 Å². The topological polar surface area (TPSA) is 55.8 Å². The molecule has 0 aromatic heterocycles. The number of hydrogen-bond donors (Lipinski definition) is 2. The Morgan fingerprint density at radius 3 is 2.21 bits per heavy atom. The lowest BCUT2D eigenvalue weighted by atomic mass is 10.1. The Balaban J connectivity index is 1.50. The van der Waals surface area contributed by atoms with Crippen molar-refractivity contribution in [2.75, 3.05) is 23.3 Å². The Hall–Kier alpha value is -2.53. The number of amides is 1. The van der Waals surface area contributed by atoms with Crippen molar-refractivity contribution in [3.63, 3.8) is 0 Å². The average Bonchev–Trinajstić information content (AvgIpc) is 2.76. The summed E-state index contributed by atoms with van der Waals surface area (Å²) in [6, 6.07) is 16.4. The van der Waals surface area contributed by atoms with Gasteiger partial charge in [0.1, 0.15) is 0 Å². The molecule has 0 bridgehead atoms. The largest absolute Gasteiger partial charge is 0.372 e. The van der Waals surface area contributed by atoms with E-state index in [-0.39, 0.29) is 12.5 Å². The number of carbonyl (C=O) groups excluding carboxylic acids is 1. The fourth-order valence-electron chi connectivity index (χ4n) is 3.68. The van der Waals surface area contributed by atoms with Crippen LogP contribution in [0.2, 0.25) is 0 Å². The van der Waals surface area contributed by atoms with Crippen LogP contribution in [0.25, 0.3) is 0 Å². The quantitative estimate of drug-likeness (QED) is 0.324. The summed E-state index contributed by atoms with van der Waals surface area (Å²) in [4.78, 5) is 14.4. The Morgan fingerprint density at radius 2 is 1.59 bits per heavy atom. The molecule has 0 radical (unpaired) electrons. The molecule has 2 N–H and O–H groups in total. The highest BCUT2D eigenvalue weighted by Crippen LogP contribution is 2.24. The van der Waals surface area contributed by atoms with Crippen LogP contribution in [0.3, 0.4) is 0 Å². The minimum absolute atomic E-state index is 0.213. The lowest BCUT2D eigenvalue weighted by molar-refractivity contribution is -0.168. The summed E-state index contributed by atoms with van der Waals surface area (Å²) in [7, 11) is 0. The molecule has 1 amide bonds. The van der Waals surface area contributed by atoms with E-state index in [9.17, 15) is 10.0 Å². The highest BCUT2D eigenvalue weighted by molar-refractivity contribution is 5.74. The fraction of sp³-hybridized carbons (Fsp3) is 0.458. The second-order valence-corrected chi connectivity index (χ2v) is 7.83. The third kappa shape index (κ3) is 6.50. The Kier molecular flexibility index (Phi) is 7.94. The van der Waals surface area contributed by atoms with E-state index in [0.717, 1.165) is 54.4 Å². The van der Waals surface area contributed by atoms with Gasteiger partial charge >= 0.3 is 0 Å². The zero-order chi connectivity index (χ0) is 20.5. The summed E-state index contributed by atoms with van der Waals surface area (Å²) in [5.74, 6) is -0.213. The van der Waals surface area contributed by atoms with Crippen LogP contribution >= 0.6 is 0 Å². The molecule has 29 heavy (non-hydrogen) atoms. The molecule has 1 saturated heterocycles. The number of benzene rings is 2. The predicted octanol–water partition coefficient (Wildman–Crippen LogP) is 5.72. The molecule has 0 aliphatic carbocycles. The predicted molar refractivity (Wildman–Crippen MR) is 119 cm³/mol. The lowest BCUT2D eigenvalue weighted by Gasteiger charge is -2.28. The molecule has 0 atom stereocenters. The van der Waals surface area contributed by atoms with Crippen LogP contribution in [0.5, 0.6) is 0 Å². The van der Waals surface area contributed by atoms with Crippen molar-refractivity contribution in [2.24, 2.45) is 0 Å². The lowest BCUT2D eigenvalue weighted by Crippen LogP contribution is -2.29. The molecule has 5 nitrogen and oxygen atoms in total. The molecule has 0 saturated carbocycles. The standard InChI is InChI=1S/C24H33N3O2/c1-2-3-5-8-24(28)27(29)19-20-9-11-21(12-10-20)25-22-13-15-23(16-14-22)26-17-6-4-7-18-26/h9-16,25,29H,2-8,17-19H2,1H3. The van der Waals surface area contributed by atoms with Crippen molar-refractivity contribution in [1.29, 1.82) is 0 Å². The minimum atomic E-state index is -0.213. The molecular formula is C24H33N3O2. The van der Waals surface area contributed by atoms with Crippen LogP contribution in [0.15, 0.2) is 48.5 Å². The summed E-state index contributed by atoms with van der Waals surface area (Å²) in [5.41, 5.74) is 4.23. The monoisotopic (exact) mass is 395 g/mol. The SMILES string of the molecule is CCCCCC(=O)N(O)Cc1ccc(Nc2ccc(N3CCCCC3)cc2)cc1. The van der Waals surface area contributed by atoms with E-state index in [2.05, 4.69) is 41.4 Å². The maximum Gasteiger partial charge on any atom is 0.246 e. The first-order valence-corrected chi connectivity index (χ1v) is 10.9. The summed E-state index contributed by atoms with van der Waals surface area (Å²) in [6.45, 7) is 4.62. The summed E-state index contributed by atoms with van der Waals surface area (Å²) < 4.78 is 0. The molecule has 5 heteroatoms. The summed E-state index contributed by atoms with van der Waals surface area (Å²) >= 11 is 0. The third-order valence-corrected chi connectivity index (χ3v) is 5.45. The van der Waals surface area contributed by atoms with Gasteiger partial charge in [-0.3, -0.25) is 10.0 Å². The summed E-state index contributed by atoms with van der Waals surface area (Å²) in [5, 5.41) is 14.2. The van der Waals surface area contributed by atoms with E-state index in [1.165, 1.54) is 24.9 Å². The van der Waals surface area contributed by atoms with Crippen molar-refractivity contribution in [3.8, 4) is 0 Å². The molecule has 3 rings (SSSR count). The van der Waals surface area contributed by atoms with Crippen molar-refractivity contribution in [3.05, 3.63) is 54.1 Å². The number of unbranched alkanes of at least 4 members (excludes halogenated alkanes) is 2. The number of hydroxylamine groups is 2. The zero-order valence-electron chi connectivity index (χ0n) is 17.4. The summed E-state index contributed by atoms with van der Waals surface area (Å²) in [6.07, 6.45) is 7.20. The van der Waals surface area contributed by atoms with E-state index in [1.54, 1.807) is 0 Å². The van der Waals surface area contributed by atoms with Crippen molar-refractivity contribution >= 4 is 23.0 Å². The van der Waals surface area contributed by atoms with Crippen LogP contribution < -0.4 is 10.2 Å². The maximum atomic E-state index is 11.9. The van der Waals surface area contributed by atoms with Gasteiger partial charge in [0.2, 0.25) is 5.91 Å². The second-order valence-electron chi connectivity index (χ2n) is 7.83. The van der Waals surface area contributed by atoms with Gasteiger partial charge in [0, 0.05) is 36.6 Å².